The molecule has 0 fully saturated rings. The van der Waals surface area contributed by atoms with Crippen molar-refractivity contribution in [3.05, 3.63) is 48.0 Å². The van der Waals surface area contributed by atoms with E-state index < -0.39 is 5.82 Å². The van der Waals surface area contributed by atoms with Crippen LogP contribution in [0.1, 0.15) is 5.69 Å². The molecule has 1 aromatic heterocycles. The van der Waals surface area contributed by atoms with Crippen molar-refractivity contribution in [2.45, 2.75) is 6.54 Å². The fourth-order valence-corrected chi connectivity index (χ4v) is 1.64. The quantitative estimate of drug-likeness (QED) is 0.853. The molecule has 100 valence electrons. The number of amides is 1. The summed E-state index contributed by atoms with van der Waals surface area (Å²) in [5.74, 6) is -0.727. The number of nitrogens with one attached hydrogen (secondary N) is 2. The third-order valence-electron chi connectivity index (χ3n) is 2.66. The van der Waals surface area contributed by atoms with Gasteiger partial charge in [-0.25, -0.2) is 4.39 Å². The Labute approximate surface area is 110 Å². The zero-order valence-corrected chi connectivity index (χ0v) is 10.6. The smallest absolute Gasteiger partial charge is 0.238 e. The second kappa shape index (κ2) is 6.10. The molecule has 0 aliphatic rings. The molecule has 0 bridgehead atoms. The molecule has 6 heteroatoms. The fraction of sp³-hybridized carbons (Fsp3) is 0.231. The van der Waals surface area contributed by atoms with E-state index >= 15 is 0 Å². The van der Waals surface area contributed by atoms with E-state index in [1.54, 1.807) is 23.0 Å². The number of benzene rings is 1. The fourth-order valence-electron chi connectivity index (χ4n) is 1.64. The van der Waals surface area contributed by atoms with Crippen LogP contribution in [0.4, 0.5) is 10.1 Å². The van der Waals surface area contributed by atoms with E-state index in [4.69, 9.17) is 0 Å². The molecule has 0 saturated carbocycles. The van der Waals surface area contributed by atoms with E-state index in [1.165, 1.54) is 12.1 Å². The molecule has 0 aliphatic carbocycles. The van der Waals surface area contributed by atoms with Gasteiger partial charge in [-0.1, -0.05) is 12.1 Å². The summed E-state index contributed by atoms with van der Waals surface area (Å²) in [7, 11) is 1.83. The van der Waals surface area contributed by atoms with Crippen LogP contribution in [0.15, 0.2) is 36.5 Å². The van der Waals surface area contributed by atoms with Gasteiger partial charge in [0.15, 0.2) is 0 Å². The minimum atomic E-state index is -0.442. The van der Waals surface area contributed by atoms with Gasteiger partial charge >= 0.3 is 0 Å². The highest BCUT2D eigenvalue weighted by Crippen LogP contribution is 2.11. The summed E-state index contributed by atoms with van der Waals surface area (Å²) in [6.07, 6.45) is 1.69. The van der Waals surface area contributed by atoms with Gasteiger partial charge in [0, 0.05) is 19.8 Å². The number of hydrogen-bond donors (Lipinski definition) is 2. The van der Waals surface area contributed by atoms with Crippen molar-refractivity contribution in [1.29, 1.82) is 0 Å². The van der Waals surface area contributed by atoms with Crippen LogP contribution in [0, 0.1) is 5.82 Å². The summed E-state index contributed by atoms with van der Waals surface area (Å²) in [6, 6.07) is 7.93. The van der Waals surface area contributed by atoms with Crippen molar-refractivity contribution in [3.63, 3.8) is 0 Å². The first-order valence-electron chi connectivity index (χ1n) is 5.89. The third kappa shape index (κ3) is 3.62. The Hall–Kier alpha value is -2.21. The molecular formula is C13H15FN4O. The molecule has 19 heavy (non-hydrogen) atoms. The predicted molar refractivity (Wildman–Crippen MR) is 69.9 cm³/mol. The number of carbonyl (C=O) groups is 1. The molecule has 1 aromatic carbocycles. The molecule has 5 nitrogen and oxygen atoms in total. The number of carbonyl (C=O) groups excluding carboxylic acids is 1. The van der Waals surface area contributed by atoms with Gasteiger partial charge in [-0.05, 0) is 18.2 Å². The van der Waals surface area contributed by atoms with Crippen molar-refractivity contribution in [3.8, 4) is 0 Å². The van der Waals surface area contributed by atoms with Crippen LogP contribution in [0.5, 0.6) is 0 Å². The van der Waals surface area contributed by atoms with Gasteiger partial charge < -0.3 is 10.6 Å². The number of aryl methyl sites for hydroxylation is 1. The maximum Gasteiger partial charge on any atom is 0.238 e. The summed E-state index contributed by atoms with van der Waals surface area (Å²) < 4.78 is 15.0. The lowest BCUT2D eigenvalue weighted by atomic mass is 10.3. The van der Waals surface area contributed by atoms with Gasteiger partial charge in [0.25, 0.3) is 0 Å². The van der Waals surface area contributed by atoms with Crippen LogP contribution < -0.4 is 10.6 Å². The average molecular weight is 262 g/mol. The van der Waals surface area contributed by atoms with Crippen LogP contribution in [0.3, 0.4) is 0 Å². The Bertz CT molecular complexity index is 567. The van der Waals surface area contributed by atoms with E-state index in [-0.39, 0.29) is 18.1 Å². The van der Waals surface area contributed by atoms with Crippen molar-refractivity contribution in [2.24, 2.45) is 7.05 Å². The Morgan fingerprint density at radius 2 is 2.16 bits per heavy atom. The Kier molecular flexibility index (Phi) is 4.25. The summed E-state index contributed by atoms with van der Waals surface area (Å²) in [4.78, 5) is 11.6. The number of hydrogen-bond acceptors (Lipinski definition) is 3. The lowest BCUT2D eigenvalue weighted by Gasteiger charge is -2.07. The van der Waals surface area contributed by atoms with Gasteiger partial charge in [-0.2, -0.15) is 5.10 Å². The second-order valence-electron chi connectivity index (χ2n) is 4.08. The molecule has 2 rings (SSSR count). The first-order chi connectivity index (χ1) is 9.16. The van der Waals surface area contributed by atoms with Crippen LogP contribution in [-0.2, 0) is 18.4 Å². The number of para-hydroxylation sites is 1. The SMILES string of the molecule is Cn1nccc1CNCC(=O)Nc1ccccc1F. The van der Waals surface area contributed by atoms with E-state index in [9.17, 15) is 9.18 Å². The van der Waals surface area contributed by atoms with Crippen molar-refractivity contribution in [1.82, 2.24) is 15.1 Å². The topological polar surface area (TPSA) is 59.0 Å². The largest absolute Gasteiger partial charge is 0.322 e. The van der Waals surface area contributed by atoms with Gasteiger partial charge in [0.1, 0.15) is 5.82 Å². The molecule has 1 heterocycles. The van der Waals surface area contributed by atoms with Crippen LogP contribution in [0.25, 0.3) is 0 Å². The average Bonchev–Trinajstić information content (AvgIpc) is 2.78. The van der Waals surface area contributed by atoms with Crippen LogP contribution >= 0.6 is 0 Å². The zero-order chi connectivity index (χ0) is 13.7. The number of aromatic nitrogens is 2. The lowest BCUT2D eigenvalue weighted by Crippen LogP contribution is -2.28. The molecule has 2 aromatic rings. The summed E-state index contributed by atoms with van der Waals surface area (Å²) in [5, 5.41) is 9.50. The first kappa shape index (κ1) is 13.2. The van der Waals surface area contributed by atoms with E-state index in [0.29, 0.717) is 6.54 Å². The molecule has 1 amide bonds. The maximum atomic E-state index is 13.3. The van der Waals surface area contributed by atoms with Crippen molar-refractivity contribution >= 4 is 11.6 Å². The number of nitrogens with zero attached hydrogens (tertiary/aromatic N) is 2. The van der Waals surface area contributed by atoms with Gasteiger partial charge in [-0.3, -0.25) is 9.48 Å². The van der Waals surface area contributed by atoms with E-state index in [2.05, 4.69) is 15.7 Å². The number of rotatable bonds is 5. The Morgan fingerprint density at radius 1 is 1.37 bits per heavy atom. The van der Waals surface area contributed by atoms with Crippen molar-refractivity contribution < 1.29 is 9.18 Å². The first-order valence-corrected chi connectivity index (χ1v) is 5.89. The normalized spacial score (nSPS) is 10.4. The molecule has 0 radical (unpaired) electrons. The van der Waals surface area contributed by atoms with Crippen LogP contribution in [-0.4, -0.2) is 22.2 Å². The molecular weight excluding hydrogens is 247 g/mol. The Morgan fingerprint density at radius 3 is 2.84 bits per heavy atom. The van der Waals surface area contributed by atoms with Crippen LogP contribution in [0.2, 0.25) is 0 Å². The van der Waals surface area contributed by atoms with Gasteiger partial charge in [0.2, 0.25) is 5.91 Å². The molecule has 0 atom stereocenters. The van der Waals surface area contributed by atoms with Crippen molar-refractivity contribution in [2.75, 3.05) is 11.9 Å². The number of halogens is 1. The second-order valence-corrected chi connectivity index (χ2v) is 4.08. The summed E-state index contributed by atoms with van der Waals surface area (Å²) in [5.41, 5.74) is 1.16. The molecule has 0 saturated heterocycles. The minimum Gasteiger partial charge on any atom is -0.322 e. The van der Waals surface area contributed by atoms with E-state index in [1.807, 2.05) is 13.1 Å². The Balaban J connectivity index is 1.79. The predicted octanol–water partition coefficient (Wildman–Crippen LogP) is 1.29. The van der Waals surface area contributed by atoms with E-state index in [0.717, 1.165) is 5.69 Å². The standard InChI is InChI=1S/C13H15FN4O/c1-18-10(6-7-16-18)8-15-9-13(19)17-12-5-3-2-4-11(12)14/h2-7,15H,8-9H2,1H3,(H,17,19). The maximum absolute atomic E-state index is 13.3. The zero-order valence-electron chi connectivity index (χ0n) is 10.6. The molecule has 2 N–H and O–H groups in total. The lowest BCUT2D eigenvalue weighted by molar-refractivity contribution is -0.115. The monoisotopic (exact) mass is 262 g/mol. The summed E-state index contributed by atoms with van der Waals surface area (Å²) >= 11 is 0. The number of anilines is 1. The van der Waals surface area contributed by atoms with Gasteiger partial charge in [-0.15, -0.1) is 0 Å². The third-order valence-corrected chi connectivity index (χ3v) is 2.66. The molecule has 0 spiro atoms. The minimum absolute atomic E-state index is 0.111. The van der Waals surface area contributed by atoms with Gasteiger partial charge in [0.05, 0.1) is 17.9 Å². The molecule has 0 aliphatic heterocycles. The molecule has 0 unspecified atom stereocenters. The highest BCUT2D eigenvalue weighted by atomic mass is 19.1. The summed E-state index contributed by atoms with van der Waals surface area (Å²) in [6.45, 7) is 0.640. The highest BCUT2D eigenvalue weighted by Gasteiger charge is 2.06. The highest BCUT2D eigenvalue weighted by molar-refractivity contribution is 5.92.